The van der Waals surface area contributed by atoms with Crippen LogP contribution in [0, 0.1) is 0 Å². The predicted molar refractivity (Wildman–Crippen MR) is 69.4 cm³/mol. The first-order valence-corrected chi connectivity index (χ1v) is 6.38. The Morgan fingerprint density at radius 2 is 2.06 bits per heavy atom. The van der Waals surface area contributed by atoms with Crippen LogP contribution in [0.15, 0.2) is 24.3 Å². The molecule has 1 saturated heterocycles. The molecule has 1 aromatic heterocycles. The Hall–Kier alpha value is -1.39. The molecule has 1 fully saturated rings. The minimum atomic E-state index is -0.659. The molecule has 1 aliphatic heterocycles. The molecule has 0 aliphatic carbocycles. The number of nitrogens with zero attached hydrogens (tertiary/aromatic N) is 2. The molecule has 0 saturated carbocycles. The summed E-state index contributed by atoms with van der Waals surface area (Å²) in [7, 11) is 2.01. The zero-order valence-electron chi connectivity index (χ0n) is 10.6. The van der Waals surface area contributed by atoms with E-state index < -0.39 is 5.60 Å². The number of imidazole rings is 1. The maximum Gasteiger partial charge on any atom is 0.112 e. The van der Waals surface area contributed by atoms with Crippen LogP contribution in [-0.2, 0) is 18.2 Å². The van der Waals surface area contributed by atoms with Crippen molar-refractivity contribution in [3.8, 4) is 0 Å². The van der Waals surface area contributed by atoms with Gasteiger partial charge >= 0.3 is 0 Å². The zero-order chi connectivity index (χ0) is 12.6. The summed E-state index contributed by atoms with van der Waals surface area (Å²) in [5, 5.41) is 10.5. The van der Waals surface area contributed by atoms with Crippen molar-refractivity contribution in [3.63, 3.8) is 0 Å². The Balaban J connectivity index is 1.92. The van der Waals surface area contributed by atoms with Crippen LogP contribution in [-0.4, -0.2) is 33.5 Å². The number of hydrogen-bond donors (Lipinski definition) is 1. The topological polar surface area (TPSA) is 47.3 Å². The number of rotatable bonds is 2. The number of ether oxygens (including phenoxy) is 1. The molecule has 4 nitrogen and oxygen atoms in total. The molecule has 0 amide bonds. The average molecular weight is 246 g/mol. The molecule has 2 heterocycles. The molecule has 3 rings (SSSR count). The summed E-state index contributed by atoms with van der Waals surface area (Å²) in [6, 6.07) is 8.06. The highest BCUT2D eigenvalue weighted by molar-refractivity contribution is 5.75. The summed E-state index contributed by atoms with van der Waals surface area (Å²) < 4.78 is 7.38. The Morgan fingerprint density at radius 3 is 2.78 bits per heavy atom. The Morgan fingerprint density at radius 1 is 1.33 bits per heavy atom. The van der Waals surface area contributed by atoms with Gasteiger partial charge < -0.3 is 14.4 Å². The largest absolute Gasteiger partial charge is 0.389 e. The molecule has 0 atom stereocenters. The van der Waals surface area contributed by atoms with Crippen molar-refractivity contribution in [1.82, 2.24) is 9.55 Å². The molecule has 2 aromatic rings. The fourth-order valence-corrected chi connectivity index (χ4v) is 2.58. The zero-order valence-corrected chi connectivity index (χ0v) is 10.6. The van der Waals surface area contributed by atoms with E-state index in [1.165, 1.54) is 0 Å². The lowest BCUT2D eigenvalue weighted by Gasteiger charge is -2.31. The van der Waals surface area contributed by atoms with Crippen LogP contribution < -0.4 is 0 Å². The van der Waals surface area contributed by atoms with Crippen molar-refractivity contribution < 1.29 is 9.84 Å². The van der Waals surface area contributed by atoms with Crippen LogP contribution >= 0.6 is 0 Å². The maximum atomic E-state index is 10.5. The molecule has 1 aliphatic rings. The second kappa shape index (κ2) is 4.37. The number of para-hydroxylation sites is 2. The summed E-state index contributed by atoms with van der Waals surface area (Å²) in [6.45, 7) is 1.28. The van der Waals surface area contributed by atoms with Gasteiger partial charge in [0.25, 0.3) is 0 Å². The molecular weight excluding hydrogens is 228 g/mol. The van der Waals surface area contributed by atoms with Crippen LogP contribution in [0.25, 0.3) is 11.0 Å². The van der Waals surface area contributed by atoms with Crippen molar-refractivity contribution in [2.24, 2.45) is 7.05 Å². The second-order valence-corrected chi connectivity index (χ2v) is 5.09. The number of aryl methyl sites for hydroxylation is 1. The molecule has 0 radical (unpaired) electrons. The Labute approximate surface area is 106 Å². The number of benzene rings is 1. The quantitative estimate of drug-likeness (QED) is 0.876. The van der Waals surface area contributed by atoms with Gasteiger partial charge in [0.2, 0.25) is 0 Å². The summed E-state index contributed by atoms with van der Waals surface area (Å²) in [6.07, 6.45) is 1.98. The van der Waals surface area contributed by atoms with Crippen LogP contribution in [0.1, 0.15) is 18.7 Å². The fraction of sp³-hybridized carbons (Fsp3) is 0.500. The third kappa shape index (κ3) is 2.02. The molecule has 18 heavy (non-hydrogen) atoms. The number of hydrogen-bond acceptors (Lipinski definition) is 3. The lowest BCUT2D eigenvalue weighted by atomic mass is 9.90. The number of fused-ring (bicyclic) bond motifs is 1. The minimum Gasteiger partial charge on any atom is -0.389 e. The smallest absolute Gasteiger partial charge is 0.112 e. The summed E-state index contributed by atoms with van der Waals surface area (Å²) in [5.74, 6) is 0.945. The monoisotopic (exact) mass is 246 g/mol. The van der Waals surface area contributed by atoms with Gasteiger partial charge in [-0.2, -0.15) is 0 Å². The first-order valence-electron chi connectivity index (χ1n) is 6.38. The van der Waals surface area contributed by atoms with Gasteiger partial charge in [-0.05, 0) is 12.1 Å². The van der Waals surface area contributed by atoms with E-state index in [-0.39, 0.29) is 0 Å². The molecule has 1 aromatic carbocycles. The first-order chi connectivity index (χ1) is 8.68. The van der Waals surface area contributed by atoms with Crippen LogP contribution in [0.3, 0.4) is 0 Å². The fourth-order valence-electron chi connectivity index (χ4n) is 2.58. The van der Waals surface area contributed by atoms with Crippen molar-refractivity contribution >= 4 is 11.0 Å². The van der Waals surface area contributed by atoms with Gasteiger partial charge in [-0.15, -0.1) is 0 Å². The van der Waals surface area contributed by atoms with Crippen LogP contribution in [0.2, 0.25) is 0 Å². The average Bonchev–Trinajstić information content (AvgIpc) is 2.67. The molecule has 0 bridgehead atoms. The highest BCUT2D eigenvalue weighted by atomic mass is 16.5. The number of aromatic nitrogens is 2. The molecule has 4 heteroatoms. The third-order valence-corrected chi connectivity index (χ3v) is 3.79. The van der Waals surface area contributed by atoms with Gasteiger partial charge in [0, 0.05) is 39.5 Å². The van der Waals surface area contributed by atoms with Gasteiger partial charge in [0.1, 0.15) is 5.82 Å². The predicted octanol–water partition coefficient (Wildman–Crippen LogP) is 1.66. The lowest BCUT2D eigenvalue weighted by Crippen LogP contribution is -2.38. The Bertz CT molecular complexity index is 556. The summed E-state index contributed by atoms with van der Waals surface area (Å²) in [5.41, 5.74) is 1.45. The van der Waals surface area contributed by atoms with Crippen molar-refractivity contribution in [2.75, 3.05) is 13.2 Å². The molecular formula is C14H18N2O2. The van der Waals surface area contributed by atoms with E-state index in [1.54, 1.807) is 0 Å². The van der Waals surface area contributed by atoms with Crippen LogP contribution in [0.5, 0.6) is 0 Å². The molecule has 96 valence electrons. The number of aliphatic hydroxyl groups is 1. The molecule has 0 spiro atoms. The van der Waals surface area contributed by atoms with E-state index in [2.05, 4.69) is 15.6 Å². The maximum absolute atomic E-state index is 10.5. The van der Waals surface area contributed by atoms with E-state index in [1.807, 2.05) is 25.2 Å². The van der Waals surface area contributed by atoms with E-state index in [0.29, 0.717) is 32.5 Å². The molecule has 0 unspecified atom stereocenters. The van der Waals surface area contributed by atoms with E-state index in [4.69, 9.17) is 4.74 Å². The summed E-state index contributed by atoms with van der Waals surface area (Å²) in [4.78, 5) is 4.61. The highest BCUT2D eigenvalue weighted by Crippen LogP contribution is 2.26. The minimum absolute atomic E-state index is 0.599. The van der Waals surface area contributed by atoms with Gasteiger partial charge in [-0.1, -0.05) is 12.1 Å². The van der Waals surface area contributed by atoms with E-state index >= 15 is 0 Å². The van der Waals surface area contributed by atoms with Gasteiger partial charge in [-0.3, -0.25) is 0 Å². The third-order valence-electron chi connectivity index (χ3n) is 3.79. The van der Waals surface area contributed by atoms with E-state index in [0.717, 1.165) is 16.9 Å². The standard InChI is InChI=1S/C14H18N2O2/c1-16-12-5-3-2-4-11(12)15-13(16)10-14(17)6-8-18-9-7-14/h2-5,17H,6-10H2,1H3. The van der Waals surface area contributed by atoms with Crippen LogP contribution in [0.4, 0.5) is 0 Å². The van der Waals surface area contributed by atoms with Gasteiger partial charge in [-0.25, -0.2) is 4.98 Å². The molecule has 1 N–H and O–H groups in total. The van der Waals surface area contributed by atoms with Gasteiger partial charge in [0.15, 0.2) is 0 Å². The van der Waals surface area contributed by atoms with Crippen molar-refractivity contribution in [1.29, 1.82) is 0 Å². The second-order valence-electron chi connectivity index (χ2n) is 5.09. The highest BCUT2D eigenvalue weighted by Gasteiger charge is 2.31. The SMILES string of the molecule is Cn1c(CC2(O)CCOCC2)nc2ccccc21. The summed E-state index contributed by atoms with van der Waals surface area (Å²) >= 11 is 0. The normalized spacial score (nSPS) is 19.2. The lowest BCUT2D eigenvalue weighted by molar-refractivity contribution is -0.0638. The van der Waals surface area contributed by atoms with Crippen molar-refractivity contribution in [2.45, 2.75) is 24.9 Å². The first kappa shape index (κ1) is 11.7. The van der Waals surface area contributed by atoms with E-state index in [9.17, 15) is 5.11 Å². The van der Waals surface area contributed by atoms with Gasteiger partial charge in [0.05, 0.1) is 16.6 Å². The Kier molecular flexibility index (Phi) is 2.84. The van der Waals surface area contributed by atoms with Crippen molar-refractivity contribution in [3.05, 3.63) is 30.1 Å².